The predicted molar refractivity (Wildman–Crippen MR) is 70.8 cm³/mol. The number of rotatable bonds is 3. The number of pyridine rings is 1. The molecule has 1 aromatic heterocycles. The summed E-state index contributed by atoms with van der Waals surface area (Å²) < 4.78 is 0. The highest BCUT2D eigenvalue weighted by molar-refractivity contribution is 5.85. The second-order valence-electron chi connectivity index (χ2n) is 4.10. The smallest absolute Gasteiger partial charge is 0.146 e. The van der Waals surface area contributed by atoms with E-state index in [0.717, 1.165) is 40.4 Å². The van der Waals surface area contributed by atoms with Gasteiger partial charge in [-0.1, -0.05) is 19.1 Å². The largest absolute Gasteiger partial charge is 0.298 e. The first-order valence-electron chi connectivity index (χ1n) is 5.76. The van der Waals surface area contributed by atoms with Gasteiger partial charge in [0.25, 0.3) is 0 Å². The molecule has 0 aliphatic carbocycles. The standard InChI is InChI=1S/C15H15NO/c1-3-12(10-17)8-13-5-7-15-14(9-13)6-4-11(2)16-15/h4-10H,3H2,1-2H3/b12-8-. The van der Waals surface area contributed by atoms with Crippen molar-refractivity contribution in [3.8, 4) is 0 Å². The molecule has 0 aliphatic heterocycles. The highest BCUT2D eigenvalue weighted by Crippen LogP contribution is 2.17. The number of carbonyl (C=O) groups is 1. The Bertz CT molecular complexity index is 584. The van der Waals surface area contributed by atoms with Crippen LogP contribution in [0.25, 0.3) is 17.0 Å². The van der Waals surface area contributed by atoms with Gasteiger partial charge in [-0.15, -0.1) is 0 Å². The highest BCUT2D eigenvalue weighted by Gasteiger charge is 1.98. The number of aldehydes is 1. The minimum absolute atomic E-state index is 0.758. The zero-order valence-corrected chi connectivity index (χ0v) is 10.1. The summed E-state index contributed by atoms with van der Waals surface area (Å²) in [6.45, 7) is 3.96. The van der Waals surface area contributed by atoms with Crippen LogP contribution in [0.2, 0.25) is 0 Å². The average Bonchev–Trinajstić information content (AvgIpc) is 2.36. The maximum Gasteiger partial charge on any atom is 0.146 e. The van der Waals surface area contributed by atoms with Crippen LogP contribution in [0, 0.1) is 6.92 Å². The lowest BCUT2D eigenvalue weighted by atomic mass is 10.1. The van der Waals surface area contributed by atoms with Crippen LogP contribution in [-0.2, 0) is 4.79 Å². The van der Waals surface area contributed by atoms with Crippen LogP contribution in [0.4, 0.5) is 0 Å². The maximum absolute atomic E-state index is 10.8. The van der Waals surface area contributed by atoms with Crippen LogP contribution < -0.4 is 0 Å². The molecule has 0 atom stereocenters. The number of aryl methyl sites for hydroxylation is 1. The number of fused-ring (bicyclic) bond motifs is 1. The molecular formula is C15H15NO. The molecule has 0 aliphatic rings. The number of aromatic nitrogens is 1. The normalized spacial score (nSPS) is 11.8. The van der Waals surface area contributed by atoms with Crippen molar-refractivity contribution in [2.45, 2.75) is 20.3 Å². The minimum atomic E-state index is 0.758. The molecule has 0 spiro atoms. The number of carbonyl (C=O) groups excluding carboxylic acids is 1. The summed E-state index contributed by atoms with van der Waals surface area (Å²) in [5, 5.41) is 1.10. The van der Waals surface area contributed by atoms with E-state index in [-0.39, 0.29) is 0 Å². The Kier molecular flexibility index (Phi) is 3.33. The van der Waals surface area contributed by atoms with Crippen LogP contribution in [0.3, 0.4) is 0 Å². The SMILES string of the molecule is CC/C(C=O)=C/c1ccc2nc(C)ccc2c1. The Morgan fingerprint density at radius 2 is 2.12 bits per heavy atom. The number of nitrogens with zero attached hydrogens (tertiary/aromatic N) is 1. The summed E-state index contributed by atoms with van der Waals surface area (Å²) in [6.07, 6.45) is 3.59. The minimum Gasteiger partial charge on any atom is -0.298 e. The van der Waals surface area contributed by atoms with E-state index in [1.807, 2.05) is 38.1 Å². The summed E-state index contributed by atoms with van der Waals surface area (Å²) >= 11 is 0. The Morgan fingerprint density at radius 3 is 2.82 bits per heavy atom. The van der Waals surface area contributed by atoms with Gasteiger partial charge >= 0.3 is 0 Å². The van der Waals surface area contributed by atoms with E-state index >= 15 is 0 Å². The van der Waals surface area contributed by atoms with Crippen molar-refractivity contribution >= 4 is 23.3 Å². The zero-order valence-electron chi connectivity index (χ0n) is 10.1. The summed E-state index contributed by atoms with van der Waals surface area (Å²) in [5.74, 6) is 0. The molecule has 0 N–H and O–H groups in total. The van der Waals surface area contributed by atoms with Crippen molar-refractivity contribution in [1.29, 1.82) is 0 Å². The monoisotopic (exact) mass is 225 g/mol. The Balaban J connectivity index is 2.48. The van der Waals surface area contributed by atoms with E-state index in [9.17, 15) is 4.79 Å². The fourth-order valence-corrected chi connectivity index (χ4v) is 1.77. The van der Waals surface area contributed by atoms with E-state index in [1.54, 1.807) is 0 Å². The lowest BCUT2D eigenvalue weighted by Gasteiger charge is -2.01. The van der Waals surface area contributed by atoms with E-state index in [2.05, 4.69) is 17.1 Å². The molecule has 17 heavy (non-hydrogen) atoms. The number of hydrogen-bond acceptors (Lipinski definition) is 2. The summed E-state index contributed by atoms with van der Waals surface area (Å²) in [6, 6.07) is 10.1. The quantitative estimate of drug-likeness (QED) is 0.590. The molecule has 2 rings (SSSR count). The first kappa shape index (κ1) is 11.5. The first-order chi connectivity index (χ1) is 8.22. The Labute approximate surface area is 101 Å². The average molecular weight is 225 g/mol. The van der Waals surface area contributed by atoms with Gasteiger partial charge in [0.2, 0.25) is 0 Å². The number of hydrogen-bond donors (Lipinski definition) is 0. The topological polar surface area (TPSA) is 30.0 Å². The molecule has 1 aromatic carbocycles. The van der Waals surface area contributed by atoms with Gasteiger partial charge in [-0.3, -0.25) is 9.78 Å². The van der Waals surface area contributed by atoms with Crippen molar-refractivity contribution in [2.24, 2.45) is 0 Å². The van der Waals surface area contributed by atoms with Gasteiger partial charge in [0.05, 0.1) is 5.52 Å². The fraction of sp³-hybridized carbons (Fsp3) is 0.200. The predicted octanol–water partition coefficient (Wildman–Crippen LogP) is 3.54. The van der Waals surface area contributed by atoms with E-state index < -0.39 is 0 Å². The third-order valence-corrected chi connectivity index (χ3v) is 2.76. The lowest BCUT2D eigenvalue weighted by molar-refractivity contribution is -0.104. The van der Waals surface area contributed by atoms with Crippen LogP contribution >= 0.6 is 0 Å². The molecule has 86 valence electrons. The number of benzene rings is 1. The van der Waals surface area contributed by atoms with E-state index in [1.165, 1.54) is 0 Å². The highest BCUT2D eigenvalue weighted by atomic mass is 16.1. The Morgan fingerprint density at radius 1 is 1.29 bits per heavy atom. The van der Waals surface area contributed by atoms with Gasteiger partial charge < -0.3 is 0 Å². The molecule has 0 unspecified atom stereocenters. The van der Waals surface area contributed by atoms with Crippen LogP contribution in [0.15, 0.2) is 35.9 Å². The molecule has 2 heteroatoms. The summed E-state index contributed by atoms with van der Waals surface area (Å²) in [4.78, 5) is 15.2. The van der Waals surface area contributed by atoms with Crippen LogP contribution in [0.1, 0.15) is 24.6 Å². The Hall–Kier alpha value is -1.96. The third-order valence-electron chi connectivity index (χ3n) is 2.76. The van der Waals surface area contributed by atoms with Gasteiger partial charge in [0, 0.05) is 11.1 Å². The van der Waals surface area contributed by atoms with E-state index in [4.69, 9.17) is 0 Å². The number of allylic oxidation sites excluding steroid dienone is 1. The summed E-state index contributed by atoms with van der Waals surface area (Å²) in [5.41, 5.74) is 3.87. The molecule has 0 saturated carbocycles. The fourth-order valence-electron chi connectivity index (χ4n) is 1.77. The molecule has 1 heterocycles. The molecular weight excluding hydrogens is 210 g/mol. The maximum atomic E-state index is 10.8. The second-order valence-corrected chi connectivity index (χ2v) is 4.10. The van der Waals surface area contributed by atoms with Crippen molar-refractivity contribution in [1.82, 2.24) is 4.98 Å². The molecule has 0 radical (unpaired) electrons. The zero-order chi connectivity index (χ0) is 12.3. The van der Waals surface area contributed by atoms with Gasteiger partial charge in [-0.05, 0) is 48.8 Å². The van der Waals surface area contributed by atoms with Gasteiger partial charge in [0.15, 0.2) is 0 Å². The molecule has 0 bridgehead atoms. The van der Waals surface area contributed by atoms with Gasteiger partial charge in [-0.25, -0.2) is 0 Å². The molecule has 0 amide bonds. The van der Waals surface area contributed by atoms with Gasteiger partial charge in [0.1, 0.15) is 6.29 Å². The first-order valence-corrected chi connectivity index (χ1v) is 5.76. The third kappa shape index (κ3) is 2.59. The van der Waals surface area contributed by atoms with Crippen molar-refractivity contribution in [3.05, 3.63) is 47.2 Å². The molecule has 2 aromatic rings. The molecule has 0 saturated heterocycles. The summed E-state index contributed by atoms with van der Waals surface area (Å²) in [7, 11) is 0. The van der Waals surface area contributed by atoms with Crippen LogP contribution in [-0.4, -0.2) is 11.3 Å². The van der Waals surface area contributed by atoms with Crippen molar-refractivity contribution < 1.29 is 4.79 Å². The van der Waals surface area contributed by atoms with Crippen LogP contribution in [0.5, 0.6) is 0 Å². The molecule has 2 nitrogen and oxygen atoms in total. The second kappa shape index (κ2) is 4.91. The van der Waals surface area contributed by atoms with Gasteiger partial charge in [-0.2, -0.15) is 0 Å². The van der Waals surface area contributed by atoms with Crippen molar-refractivity contribution in [3.63, 3.8) is 0 Å². The van der Waals surface area contributed by atoms with E-state index in [0.29, 0.717) is 0 Å². The van der Waals surface area contributed by atoms with Crippen molar-refractivity contribution in [2.75, 3.05) is 0 Å². The lowest BCUT2D eigenvalue weighted by Crippen LogP contribution is -1.85. The molecule has 0 fully saturated rings.